The highest BCUT2D eigenvalue weighted by Crippen LogP contribution is 2.05. The van der Waals surface area contributed by atoms with E-state index in [1.54, 1.807) is 0 Å². The van der Waals surface area contributed by atoms with Gasteiger partial charge in [0.2, 0.25) is 0 Å². The standard InChI is InChI=1S/C12H20ClN3/c1-4-11(16(2)3)9-14-7-10-5-6-12(13)15-8-10/h5-6,8,11,14H,4,7,9H2,1-3H3. The van der Waals surface area contributed by atoms with E-state index < -0.39 is 0 Å². The molecule has 1 unspecified atom stereocenters. The van der Waals surface area contributed by atoms with Crippen molar-refractivity contribution in [2.24, 2.45) is 0 Å². The maximum atomic E-state index is 5.72. The lowest BCUT2D eigenvalue weighted by molar-refractivity contribution is 0.276. The second-order valence-corrected chi connectivity index (χ2v) is 4.53. The Labute approximate surface area is 103 Å². The minimum absolute atomic E-state index is 0.545. The minimum atomic E-state index is 0.545. The van der Waals surface area contributed by atoms with Crippen molar-refractivity contribution in [2.75, 3.05) is 20.6 Å². The Morgan fingerprint density at radius 1 is 1.44 bits per heavy atom. The molecular weight excluding hydrogens is 222 g/mol. The van der Waals surface area contributed by atoms with Crippen molar-refractivity contribution in [2.45, 2.75) is 25.9 Å². The summed E-state index contributed by atoms with van der Waals surface area (Å²) in [7, 11) is 4.22. The van der Waals surface area contributed by atoms with Crippen molar-refractivity contribution in [1.82, 2.24) is 15.2 Å². The van der Waals surface area contributed by atoms with E-state index >= 15 is 0 Å². The molecular formula is C12H20ClN3. The topological polar surface area (TPSA) is 28.2 Å². The third kappa shape index (κ3) is 4.47. The zero-order valence-corrected chi connectivity index (χ0v) is 11.0. The van der Waals surface area contributed by atoms with Gasteiger partial charge in [-0.05, 0) is 32.1 Å². The van der Waals surface area contributed by atoms with Crippen LogP contribution < -0.4 is 5.32 Å². The quantitative estimate of drug-likeness (QED) is 0.774. The Hall–Kier alpha value is -0.640. The smallest absolute Gasteiger partial charge is 0.129 e. The third-order valence-electron chi connectivity index (χ3n) is 2.70. The van der Waals surface area contributed by atoms with Gasteiger partial charge in [-0.25, -0.2) is 4.98 Å². The molecule has 0 aliphatic heterocycles. The van der Waals surface area contributed by atoms with Crippen molar-refractivity contribution in [3.05, 3.63) is 29.0 Å². The van der Waals surface area contributed by atoms with Crippen LogP contribution in [0.15, 0.2) is 18.3 Å². The number of hydrogen-bond donors (Lipinski definition) is 1. The van der Waals surface area contributed by atoms with Gasteiger partial charge in [0.1, 0.15) is 5.15 Å². The Balaban J connectivity index is 2.32. The normalized spacial score (nSPS) is 13.1. The van der Waals surface area contributed by atoms with Crippen LogP contribution in [0.2, 0.25) is 5.15 Å². The van der Waals surface area contributed by atoms with E-state index in [9.17, 15) is 0 Å². The molecule has 0 aliphatic carbocycles. The molecule has 0 aromatic carbocycles. The largest absolute Gasteiger partial charge is 0.311 e. The van der Waals surface area contributed by atoms with Crippen LogP contribution in [0.4, 0.5) is 0 Å². The van der Waals surface area contributed by atoms with E-state index in [0.717, 1.165) is 25.1 Å². The molecule has 0 fully saturated rings. The second kappa shape index (κ2) is 6.84. The van der Waals surface area contributed by atoms with Gasteiger partial charge in [-0.1, -0.05) is 24.6 Å². The van der Waals surface area contributed by atoms with E-state index in [0.29, 0.717) is 11.2 Å². The molecule has 1 aromatic rings. The van der Waals surface area contributed by atoms with Crippen molar-refractivity contribution < 1.29 is 0 Å². The molecule has 3 nitrogen and oxygen atoms in total. The van der Waals surface area contributed by atoms with Crippen LogP contribution in [-0.4, -0.2) is 36.6 Å². The van der Waals surface area contributed by atoms with Crippen molar-refractivity contribution in [3.8, 4) is 0 Å². The first kappa shape index (κ1) is 13.4. The van der Waals surface area contributed by atoms with Gasteiger partial charge in [0.25, 0.3) is 0 Å². The van der Waals surface area contributed by atoms with Gasteiger partial charge in [-0.15, -0.1) is 0 Å². The fourth-order valence-corrected chi connectivity index (χ4v) is 1.70. The lowest BCUT2D eigenvalue weighted by Crippen LogP contribution is -2.37. The number of halogens is 1. The summed E-state index contributed by atoms with van der Waals surface area (Å²) in [4.78, 5) is 6.29. The first-order chi connectivity index (χ1) is 7.63. The van der Waals surface area contributed by atoms with Crippen molar-refractivity contribution in [1.29, 1.82) is 0 Å². The highest BCUT2D eigenvalue weighted by molar-refractivity contribution is 6.29. The number of nitrogens with one attached hydrogen (secondary N) is 1. The zero-order chi connectivity index (χ0) is 12.0. The first-order valence-electron chi connectivity index (χ1n) is 5.61. The Morgan fingerprint density at radius 3 is 2.69 bits per heavy atom. The van der Waals surface area contributed by atoms with E-state index in [2.05, 4.69) is 36.2 Å². The number of hydrogen-bond acceptors (Lipinski definition) is 3. The van der Waals surface area contributed by atoms with E-state index in [4.69, 9.17) is 11.6 Å². The monoisotopic (exact) mass is 241 g/mol. The van der Waals surface area contributed by atoms with E-state index in [1.807, 2.05) is 18.3 Å². The average Bonchev–Trinajstić information content (AvgIpc) is 2.26. The van der Waals surface area contributed by atoms with Gasteiger partial charge in [-0.2, -0.15) is 0 Å². The molecule has 1 atom stereocenters. The average molecular weight is 242 g/mol. The second-order valence-electron chi connectivity index (χ2n) is 4.15. The summed E-state index contributed by atoms with van der Waals surface area (Å²) in [6.07, 6.45) is 2.96. The van der Waals surface area contributed by atoms with Crippen LogP contribution in [0.25, 0.3) is 0 Å². The molecule has 1 N–H and O–H groups in total. The molecule has 16 heavy (non-hydrogen) atoms. The molecule has 0 spiro atoms. The molecule has 0 radical (unpaired) electrons. The summed E-state index contributed by atoms with van der Waals surface area (Å²) in [6, 6.07) is 4.40. The molecule has 1 rings (SSSR count). The molecule has 4 heteroatoms. The van der Waals surface area contributed by atoms with Crippen LogP contribution in [0, 0.1) is 0 Å². The number of pyridine rings is 1. The summed E-state index contributed by atoms with van der Waals surface area (Å²) < 4.78 is 0. The summed E-state index contributed by atoms with van der Waals surface area (Å²) in [5.41, 5.74) is 1.16. The fraction of sp³-hybridized carbons (Fsp3) is 0.583. The highest BCUT2D eigenvalue weighted by Gasteiger charge is 2.07. The number of aromatic nitrogens is 1. The Morgan fingerprint density at radius 2 is 2.19 bits per heavy atom. The van der Waals surface area contributed by atoms with Crippen LogP contribution in [0.1, 0.15) is 18.9 Å². The molecule has 0 bridgehead atoms. The SMILES string of the molecule is CCC(CNCc1ccc(Cl)nc1)N(C)C. The molecule has 0 saturated carbocycles. The molecule has 1 aromatic heterocycles. The molecule has 0 amide bonds. The summed E-state index contributed by atoms with van der Waals surface area (Å²) >= 11 is 5.72. The Kier molecular flexibility index (Phi) is 5.74. The fourth-order valence-electron chi connectivity index (χ4n) is 1.59. The molecule has 0 aliphatic rings. The highest BCUT2D eigenvalue weighted by atomic mass is 35.5. The molecule has 0 saturated heterocycles. The third-order valence-corrected chi connectivity index (χ3v) is 2.92. The van der Waals surface area contributed by atoms with E-state index in [1.165, 1.54) is 0 Å². The lowest BCUT2D eigenvalue weighted by Gasteiger charge is -2.23. The van der Waals surface area contributed by atoms with Gasteiger partial charge >= 0.3 is 0 Å². The molecule has 90 valence electrons. The maximum absolute atomic E-state index is 5.72. The van der Waals surface area contributed by atoms with Crippen LogP contribution >= 0.6 is 11.6 Å². The van der Waals surface area contributed by atoms with Crippen molar-refractivity contribution >= 4 is 11.6 Å². The van der Waals surface area contributed by atoms with Gasteiger partial charge in [0, 0.05) is 25.3 Å². The lowest BCUT2D eigenvalue weighted by atomic mass is 10.2. The summed E-state index contributed by atoms with van der Waals surface area (Å²) in [6.45, 7) is 4.04. The van der Waals surface area contributed by atoms with Gasteiger partial charge < -0.3 is 10.2 Å². The number of likely N-dealkylation sites (N-methyl/N-ethyl adjacent to an activating group) is 1. The predicted molar refractivity (Wildman–Crippen MR) is 68.7 cm³/mol. The summed E-state index contributed by atoms with van der Waals surface area (Å²) in [5, 5.41) is 3.97. The minimum Gasteiger partial charge on any atom is -0.311 e. The maximum Gasteiger partial charge on any atom is 0.129 e. The Bertz CT molecular complexity index is 298. The summed E-state index contributed by atoms with van der Waals surface area (Å²) in [5.74, 6) is 0. The number of nitrogens with zero attached hydrogens (tertiary/aromatic N) is 2. The van der Waals surface area contributed by atoms with Crippen molar-refractivity contribution in [3.63, 3.8) is 0 Å². The first-order valence-corrected chi connectivity index (χ1v) is 5.99. The van der Waals surface area contributed by atoms with Crippen LogP contribution in [0.3, 0.4) is 0 Å². The van der Waals surface area contributed by atoms with Gasteiger partial charge in [0.15, 0.2) is 0 Å². The predicted octanol–water partition coefficient (Wildman–Crippen LogP) is 2.16. The molecule has 1 heterocycles. The van der Waals surface area contributed by atoms with E-state index in [-0.39, 0.29) is 0 Å². The van der Waals surface area contributed by atoms with Gasteiger partial charge in [-0.3, -0.25) is 0 Å². The van der Waals surface area contributed by atoms with Crippen LogP contribution in [-0.2, 0) is 6.54 Å². The number of rotatable bonds is 6. The zero-order valence-electron chi connectivity index (χ0n) is 10.2. The van der Waals surface area contributed by atoms with Gasteiger partial charge in [0.05, 0.1) is 0 Å². The van der Waals surface area contributed by atoms with Crippen LogP contribution in [0.5, 0.6) is 0 Å².